The number of hydrogen-bond acceptors (Lipinski definition) is 6. The van der Waals surface area contributed by atoms with Gasteiger partial charge in [-0.25, -0.2) is 0 Å². The lowest BCUT2D eigenvalue weighted by Crippen LogP contribution is -2.36. The van der Waals surface area contributed by atoms with Crippen LogP contribution < -0.4 is 9.47 Å². The highest BCUT2D eigenvalue weighted by Gasteiger charge is 2.21. The van der Waals surface area contributed by atoms with Gasteiger partial charge in [0.15, 0.2) is 11.5 Å². The summed E-state index contributed by atoms with van der Waals surface area (Å²) in [6.45, 7) is 5.37. The molecule has 0 amide bonds. The van der Waals surface area contributed by atoms with Crippen LogP contribution in [0, 0.1) is 5.92 Å². The molecule has 1 fully saturated rings. The molecule has 2 aliphatic heterocycles. The Labute approximate surface area is 153 Å². The summed E-state index contributed by atoms with van der Waals surface area (Å²) < 4.78 is 13.2. The number of benzene rings is 1. The van der Waals surface area contributed by atoms with Crippen LogP contribution in [-0.4, -0.2) is 57.9 Å². The van der Waals surface area contributed by atoms with Crippen molar-refractivity contribution in [3.8, 4) is 11.5 Å². The molecular weight excluding hydrogens is 332 g/mol. The maximum Gasteiger partial charge on any atom is 0.161 e. The Kier molecular flexibility index (Phi) is 5.36. The van der Waals surface area contributed by atoms with Gasteiger partial charge in [-0.2, -0.15) is 0 Å². The lowest BCUT2D eigenvalue weighted by molar-refractivity contribution is 0.151. The fraction of sp³-hybridized carbons (Fsp3) is 0.579. The molecule has 0 saturated carbocycles. The van der Waals surface area contributed by atoms with Crippen molar-refractivity contribution in [2.75, 3.05) is 32.9 Å². The maximum atomic E-state index is 9.00. The summed E-state index contributed by atoms with van der Waals surface area (Å²) in [5, 5.41) is 17.3. The second-order valence-electron chi connectivity index (χ2n) is 7.13. The van der Waals surface area contributed by atoms with Crippen LogP contribution in [0.2, 0.25) is 0 Å². The number of hydrogen-bond donors (Lipinski definition) is 1. The third-order valence-electron chi connectivity index (χ3n) is 5.02. The fourth-order valence-corrected chi connectivity index (χ4v) is 3.81. The van der Waals surface area contributed by atoms with Gasteiger partial charge in [0, 0.05) is 38.9 Å². The first-order chi connectivity index (χ1) is 12.8. The Bertz CT molecular complexity index is 733. The van der Waals surface area contributed by atoms with Crippen molar-refractivity contribution in [3.05, 3.63) is 35.7 Å². The molecule has 1 saturated heterocycles. The maximum absolute atomic E-state index is 9.00. The van der Waals surface area contributed by atoms with Crippen LogP contribution in [-0.2, 0) is 19.5 Å². The van der Waals surface area contributed by atoms with E-state index in [1.54, 1.807) is 0 Å². The Morgan fingerprint density at radius 3 is 2.96 bits per heavy atom. The highest BCUT2D eigenvalue weighted by Crippen LogP contribution is 2.31. The van der Waals surface area contributed by atoms with Crippen LogP contribution >= 0.6 is 0 Å². The zero-order chi connectivity index (χ0) is 17.8. The standard InChI is InChI=1S/C19H26N4O3/c24-7-5-17-14-23(21-20-17)13-16-2-1-6-22(12-16)11-15-3-4-18-19(10-15)26-9-8-25-18/h3-4,10,14,16,24H,1-2,5-9,11-13H2/t16-/m0/s1. The van der Waals surface area contributed by atoms with Crippen molar-refractivity contribution < 1.29 is 14.6 Å². The molecule has 3 heterocycles. The second-order valence-corrected chi connectivity index (χ2v) is 7.13. The van der Waals surface area contributed by atoms with Crippen LogP contribution in [0.4, 0.5) is 0 Å². The number of rotatable bonds is 6. The van der Waals surface area contributed by atoms with Gasteiger partial charge in [-0.3, -0.25) is 9.58 Å². The molecule has 140 valence electrons. The predicted molar refractivity (Wildman–Crippen MR) is 96.2 cm³/mol. The molecule has 26 heavy (non-hydrogen) atoms. The van der Waals surface area contributed by atoms with Crippen LogP contribution in [0.25, 0.3) is 0 Å². The summed E-state index contributed by atoms with van der Waals surface area (Å²) in [7, 11) is 0. The average molecular weight is 358 g/mol. The van der Waals surface area contributed by atoms with Crippen LogP contribution in [0.5, 0.6) is 11.5 Å². The number of ether oxygens (including phenoxy) is 2. The Morgan fingerprint density at radius 2 is 2.08 bits per heavy atom. The second kappa shape index (κ2) is 8.05. The Hall–Kier alpha value is -2.12. The molecule has 2 aromatic rings. The number of likely N-dealkylation sites (tertiary alicyclic amines) is 1. The monoisotopic (exact) mass is 358 g/mol. The Morgan fingerprint density at radius 1 is 1.19 bits per heavy atom. The van der Waals surface area contributed by atoms with Crippen molar-refractivity contribution in [1.82, 2.24) is 19.9 Å². The van der Waals surface area contributed by atoms with Crippen LogP contribution in [0.15, 0.2) is 24.4 Å². The number of nitrogens with zero attached hydrogens (tertiary/aromatic N) is 4. The molecule has 1 aromatic heterocycles. The topological polar surface area (TPSA) is 72.6 Å². The summed E-state index contributed by atoms with van der Waals surface area (Å²) in [6, 6.07) is 6.26. The van der Waals surface area contributed by atoms with Gasteiger partial charge in [-0.15, -0.1) is 5.10 Å². The normalized spacial score (nSPS) is 20.3. The van der Waals surface area contributed by atoms with Crippen molar-refractivity contribution in [1.29, 1.82) is 0 Å². The molecular formula is C19H26N4O3. The molecule has 7 heteroatoms. The molecule has 2 aliphatic rings. The lowest BCUT2D eigenvalue weighted by atomic mass is 9.97. The van der Waals surface area contributed by atoms with Gasteiger partial charge in [-0.05, 0) is 43.0 Å². The summed E-state index contributed by atoms with van der Waals surface area (Å²) in [5.41, 5.74) is 2.12. The number of aromatic nitrogens is 3. The van der Waals surface area contributed by atoms with E-state index in [2.05, 4.69) is 27.3 Å². The van der Waals surface area contributed by atoms with Crippen molar-refractivity contribution >= 4 is 0 Å². The third-order valence-corrected chi connectivity index (χ3v) is 5.02. The minimum Gasteiger partial charge on any atom is -0.486 e. The smallest absolute Gasteiger partial charge is 0.161 e. The van der Waals surface area contributed by atoms with E-state index in [0.29, 0.717) is 25.6 Å². The number of aliphatic hydroxyl groups excluding tert-OH is 1. The van der Waals surface area contributed by atoms with Gasteiger partial charge in [-0.1, -0.05) is 11.3 Å². The van der Waals surface area contributed by atoms with Crippen LogP contribution in [0.1, 0.15) is 24.1 Å². The molecule has 0 unspecified atom stereocenters. The summed E-state index contributed by atoms with van der Waals surface area (Å²) in [5.74, 6) is 2.28. The minimum absolute atomic E-state index is 0.117. The molecule has 7 nitrogen and oxygen atoms in total. The van der Waals surface area contributed by atoms with E-state index in [1.807, 2.05) is 16.9 Å². The molecule has 1 N–H and O–H groups in total. The molecule has 0 spiro atoms. The van der Waals surface area contributed by atoms with Crippen molar-refractivity contribution in [2.24, 2.45) is 5.92 Å². The zero-order valence-corrected chi connectivity index (χ0v) is 15.0. The van der Waals surface area contributed by atoms with Gasteiger partial charge < -0.3 is 14.6 Å². The van der Waals surface area contributed by atoms with E-state index in [9.17, 15) is 0 Å². The minimum atomic E-state index is 0.117. The number of aliphatic hydroxyl groups is 1. The van der Waals surface area contributed by atoms with E-state index in [4.69, 9.17) is 14.6 Å². The fourth-order valence-electron chi connectivity index (χ4n) is 3.81. The average Bonchev–Trinajstić information content (AvgIpc) is 3.09. The van der Waals surface area contributed by atoms with E-state index in [0.717, 1.165) is 43.4 Å². The lowest BCUT2D eigenvalue weighted by Gasteiger charge is -2.32. The number of fused-ring (bicyclic) bond motifs is 1. The van der Waals surface area contributed by atoms with Gasteiger partial charge in [0.05, 0.1) is 5.69 Å². The third kappa shape index (κ3) is 4.16. The summed E-state index contributed by atoms with van der Waals surface area (Å²) >= 11 is 0. The molecule has 1 atom stereocenters. The highest BCUT2D eigenvalue weighted by atomic mass is 16.6. The SMILES string of the molecule is OCCc1cn(C[C@H]2CCCN(Cc3ccc4c(c3)OCCO4)C2)nn1. The molecule has 4 rings (SSSR count). The van der Waals surface area contributed by atoms with Gasteiger partial charge in [0.2, 0.25) is 0 Å². The number of piperidine rings is 1. The van der Waals surface area contributed by atoms with Crippen LogP contribution in [0.3, 0.4) is 0 Å². The largest absolute Gasteiger partial charge is 0.486 e. The molecule has 0 radical (unpaired) electrons. The van der Waals surface area contributed by atoms with Crippen molar-refractivity contribution in [2.45, 2.75) is 32.4 Å². The quantitative estimate of drug-likeness (QED) is 0.844. The van der Waals surface area contributed by atoms with Crippen molar-refractivity contribution in [3.63, 3.8) is 0 Å². The van der Waals surface area contributed by atoms with E-state index >= 15 is 0 Å². The molecule has 0 aliphatic carbocycles. The first-order valence-corrected chi connectivity index (χ1v) is 9.41. The first-order valence-electron chi connectivity index (χ1n) is 9.41. The van der Waals surface area contributed by atoms with Gasteiger partial charge >= 0.3 is 0 Å². The molecule has 1 aromatic carbocycles. The van der Waals surface area contributed by atoms with Gasteiger partial charge in [0.1, 0.15) is 13.2 Å². The van der Waals surface area contributed by atoms with E-state index in [-0.39, 0.29) is 6.61 Å². The highest BCUT2D eigenvalue weighted by molar-refractivity contribution is 5.43. The summed E-state index contributed by atoms with van der Waals surface area (Å²) in [6.07, 6.45) is 4.94. The van der Waals surface area contributed by atoms with Gasteiger partial charge in [0.25, 0.3) is 0 Å². The predicted octanol–water partition coefficient (Wildman–Crippen LogP) is 1.50. The zero-order valence-electron chi connectivity index (χ0n) is 15.0. The summed E-state index contributed by atoms with van der Waals surface area (Å²) in [4.78, 5) is 2.51. The van der Waals surface area contributed by atoms with E-state index < -0.39 is 0 Å². The molecule has 0 bridgehead atoms. The first kappa shape index (κ1) is 17.3. The Balaban J connectivity index is 1.34. The van der Waals surface area contributed by atoms with E-state index in [1.165, 1.54) is 18.4 Å².